The molecule has 300 valence electrons. The van der Waals surface area contributed by atoms with Crippen LogP contribution in [0.3, 0.4) is 0 Å². The summed E-state index contributed by atoms with van der Waals surface area (Å²) in [6, 6.07) is 80.1. The second-order valence-electron chi connectivity index (χ2n) is 18.2. The van der Waals surface area contributed by atoms with E-state index in [-0.39, 0.29) is 10.8 Å². The van der Waals surface area contributed by atoms with Gasteiger partial charge in [-0.2, -0.15) is 0 Å². The van der Waals surface area contributed by atoms with Crippen molar-refractivity contribution in [1.29, 1.82) is 0 Å². The van der Waals surface area contributed by atoms with Crippen LogP contribution in [0.25, 0.3) is 66.8 Å². The molecule has 62 heavy (non-hydrogen) atoms. The maximum Gasteiger partial charge on any atom is 0.0462 e. The van der Waals surface area contributed by atoms with Gasteiger partial charge in [-0.1, -0.05) is 211 Å². The van der Waals surface area contributed by atoms with E-state index >= 15 is 0 Å². The van der Waals surface area contributed by atoms with Crippen LogP contribution in [0.15, 0.2) is 218 Å². The molecule has 0 radical (unpaired) electrons. The van der Waals surface area contributed by atoms with E-state index in [4.69, 9.17) is 0 Å². The minimum absolute atomic E-state index is 0.0995. The lowest BCUT2D eigenvalue weighted by Gasteiger charge is -2.27. The van der Waals surface area contributed by atoms with Gasteiger partial charge < -0.3 is 4.90 Å². The second-order valence-corrected chi connectivity index (χ2v) is 18.2. The lowest BCUT2D eigenvalue weighted by atomic mass is 9.77. The van der Waals surface area contributed by atoms with Crippen molar-refractivity contribution in [3.8, 4) is 66.8 Å². The van der Waals surface area contributed by atoms with Gasteiger partial charge >= 0.3 is 0 Å². The highest BCUT2D eigenvalue weighted by atomic mass is 15.1. The molecule has 0 N–H and O–H groups in total. The fourth-order valence-corrected chi connectivity index (χ4v) is 9.49. The molecule has 1 nitrogen and oxygen atoms in total. The molecule has 0 atom stereocenters. The molecule has 1 aliphatic rings. The minimum Gasteiger partial charge on any atom is -0.311 e. The van der Waals surface area contributed by atoms with E-state index in [1.165, 1.54) is 83.5 Å². The van der Waals surface area contributed by atoms with Gasteiger partial charge in [-0.15, -0.1) is 0 Å². The Kier molecular flexibility index (Phi) is 9.84. The van der Waals surface area contributed by atoms with Crippen molar-refractivity contribution in [1.82, 2.24) is 0 Å². The summed E-state index contributed by atoms with van der Waals surface area (Å²) in [7, 11) is 0. The van der Waals surface area contributed by atoms with Crippen molar-refractivity contribution in [3.05, 3.63) is 235 Å². The molecule has 0 amide bonds. The van der Waals surface area contributed by atoms with E-state index in [0.717, 1.165) is 17.1 Å². The lowest BCUT2D eigenvalue weighted by molar-refractivity contribution is 0.590. The van der Waals surface area contributed by atoms with Crippen LogP contribution >= 0.6 is 0 Å². The van der Waals surface area contributed by atoms with E-state index in [1.807, 2.05) is 0 Å². The Morgan fingerprint density at radius 1 is 0.339 bits per heavy atom. The highest BCUT2D eigenvalue weighted by Gasteiger charge is 2.39. The highest BCUT2D eigenvalue weighted by Crippen LogP contribution is 2.56. The van der Waals surface area contributed by atoms with Crippen molar-refractivity contribution in [2.45, 2.75) is 45.4 Å². The summed E-state index contributed by atoms with van der Waals surface area (Å²) in [6.07, 6.45) is 0. The third-order valence-electron chi connectivity index (χ3n) is 12.9. The van der Waals surface area contributed by atoms with E-state index < -0.39 is 0 Å². The summed E-state index contributed by atoms with van der Waals surface area (Å²) in [5, 5.41) is 0. The minimum atomic E-state index is -0.224. The van der Waals surface area contributed by atoms with Gasteiger partial charge in [0.15, 0.2) is 0 Å². The molecule has 0 bridgehead atoms. The van der Waals surface area contributed by atoms with Crippen LogP contribution in [0, 0.1) is 0 Å². The zero-order chi connectivity index (χ0) is 42.4. The van der Waals surface area contributed by atoms with Gasteiger partial charge in [0.05, 0.1) is 0 Å². The van der Waals surface area contributed by atoms with E-state index in [0.29, 0.717) is 0 Å². The monoisotopic (exact) mass is 797 g/mol. The van der Waals surface area contributed by atoms with Gasteiger partial charge in [0, 0.05) is 22.5 Å². The fourth-order valence-electron chi connectivity index (χ4n) is 9.49. The highest BCUT2D eigenvalue weighted by molar-refractivity contribution is 5.98. The second kappa shape index (κ2) is 15.7. The Morgan fingerprint density at radius 2 is 0.694 bits per heavy atom. The van der Waals surface area contributed by atoms with Crippen LogP contribution in [0.5, 0.6) is 0 Å². The number of fused-ring (bicyclic) bond motifs is 3. The molecule has 10 rings (SSSR count). The molecule has 0 aliphatic heterocycles. The number of benzene rings is 9. The summed E-state index contributed by atoms with van der Waals surface area (Å²) in [5.74, 6) is 0. The van der Waals surface area contributed by atoms with Crippen LogP contribution in [-0.4, -0.2) is 0 Å². The Hall–Kier alpha value is -7.22. The topological polar surface area (TPSA) is 3.24 Å². The average molecular weight is 798 g/mol. The number of hydrogen-bond donors (Lipinski definition) is 0. The van der Waals surface area contributed by atoms with Crippen molar-refractivity contribution in [2.24, 2.45) is 0 Å². The molecule has 0 heterocycles. The predicted molar refractivity (Wildman–Crippen MR) is 265 cm³/mol. The third-order valence-corrected chi connectivity index (χ3v) is 12.9. The molecular weight excluding hydrogens is 747 g/mol. The fraction of sp³-hybridized carbons (Fsp3) is 0.115. The zero-order valence-corrected chi connectivity index (χ0v) is 36.2. The number of nitrogens with zero attached hydrogens (tertiary/aromatic N) is 1. The van der Waals surface area contributed by atoms with E-state index in [2.05, 4.69) is 258 Å². The molecule has 0 unspecified atom stereocenters. The molecular formula is C61H51N. The number of rotatable bonds is 8. The van der Waals surface area contributed by atoms with Crippen molar-refractivity contribution in [3.63, 3.8) is 0 Å². The molecule has 0 saturated carbocycles. The Morgan fingerprint density at radius 3 is 1.16 bits per heavy atom. The molecule has 0 spiro atoms. The van der Waals surface area contributed by atoms with Crippen LogP contribution in [0.1, 0.15) is 51.3 Å². The zero-order valence-electron chi connectivity index (χ0n) is 36.2. The standard InChI is InChI=1S/C61H51N/c1-60(2,3)50-30-21-48(22-31-50)55-40-39-54(47-19-13-8-14-20-47)58-56-38-29-49(41-57(56)61(4,5)59(55)58)46-27-36-53(37-28-46)62(51-32-23-44(24-33-51)42-15-9-6-10-16-42)52-34-25-45(26-35-52)43-17-11-7-12-18-43/h6-41H,1-5H3. The SMILES string of the molecule is CC(C)(C)c1ccc(-c2ccc(-c3ccccc3)c3c2C(C)(C)c2cc(-c4ccc(N(c5ccc(-c6ccccc6)cc5)c5ccc(-c6ccccc6)cc5)cc4)ccc2-3)cc1. The largest absolute Gasteiger partial charge is 0.311 e. The lowest BCUT2D eigenvalue weighted by Crippen LogP contribution is -2.16. The molecule has 1 heteroatoms. The smallest absolute Gasteiger partial charge is 0.0462 e. The molecule has 9 aromatic carbocycles. The molecule has 9 aromatic rings. The molecule has 0 aromatic heterocycles. The van der Waals surface area contributed by atoms with Crippen LogP contribution < -0.4 is 4.90 Å². The van der Waals surface area contributed by atoms with Gasteiger partial charge in [0.25, 0.3) is 0 Å². The summed E-state index contributed by atoms with van der Waals surface area (Å²) >= 11 is 0. The first kappa shape index (κ1) is 38.9. The molecule has 0 saturated heterocycles. The van der Waals surface area contributed by atoms with E-state index in [1.54, 1.807) is 0 Å². The number of anilines is 3. The maximum atomic E-state index is 2.45. The first-order valence-electron chi connectivity index (χ1n) is 21.8. The van der Waals surface area contributed by atoms with Crippen molar-refractivity contribution < 1.29 is 0 Å². The quantitative estimate of drug-likeness (QED) is 0.148. The average Bonchev–Trinajstić information content (AvgIpc) is 3.56. The Labute approximate surface area is 367 Å². The predicted octanol–water partition coefficient (Wildman–Crippen LogP) is 17.1. The van der Waals surface area contributed by atoms with Crippen molar-refractivity contribution in [2.75, 3.05) is 4.90 Å². The summed E-state index contributed by atoms with van der Waals surface area (Å²) in [5.41, 5.74) is 22.3. The van der Waals surface area contributed by atoms with Gasteiger partial charge in [-0.3, -0.25) is 0 Å². The summed E-state index contributed by atoms with van der Waals surface area (Å²) in [4.78, 5) is 2.36. The van der Waals surface area contributed by atoms with Gasteiger partial charge in [-0.25, -0.2) is 0 Å². The van der Waals surface area contributed by atoms with Crippen LogP contribution in [0.4, 0.5) is 17.1 Å². The maximum absolute atomic E-state index is 2.45. The first-order valence-corrected chi connectivity index (χ1v) is 21.8. The van der Waals surface area contributed by atoms with Crippen LogP contribution in [0.2, 0.25) is 0 Å². The Balaban J connectivity index is 1.03. The van der Waals surface area contributed by atoms with Crippen molar-refractivity contribution >= 4 is 17.1 Å². The molecule has 0 fully saturated rings. The normalized spacial score (nSPS) is 12.7. The summed E-state index contributed by atoms with van der Waals surface area (Å²) in [6.45, 7) is 11.7. The van der Waals surface area contributed by atoms with E-state index in [9.17, 15) is 0 Å². The van der Waals surface area contributed by atoms with Gasteiger partial charge in [-0.05, 0) is 131 Å². The van der Waals surface area contributed by atoms with Gasteiger partial charge in [0.1, 0.15) is 0 Å². The first-order chi connectivity index (χ1) is 30.1. The Bertz CT molecular complexity index is 2910. The number of hydrogen-bond acceptors (Lipinski definition) is 1. The van der Waals surface area contributed by atoms with Gasteiger partial charge in [0.2, 0.25) is 0 Å². The van der Waals surface area contributed by atoms with Crippen LogP contribution in [-0.2, 0) is 10.8 Å². The summed E-state index contributed by atoms with van der Waals surface area (Å²) < 4.78 is 0. The third kappa shape index (κ3) is 7.14. The molecule has 1 aliphatic carbocycles.